The van der Waals surface area contributed by atoms with Gasteiger partial charge in [-0.05, 0) is 41.5 Å². The van der Waals surface area contributed by atoms with Crippen LogP contribution in [0.25, 0.3) is 5.70 Å². The Morgan fingerprint density at radius 3 is 2.52 bits per heavy atom. The Kier molecular flexibility index (Phi) is 3.67. The normalized spacial score (nSPS) is 16.4. The van der Waals surface area contributed by atoms with Gasteiger partial charge in [-0.2, -0.15) is 10.1 Å². The first-order chi connectivity index (χ1) is 11.2. The van der Waals surface area contributed by atoms with Crippen LogP contribution >= 0.6 is 27.5 Å². The molecule has 0 aliphatic carbocycles. The maximum absolute atomic E-state index is 5.98. The number of fused-ring (bicyclic) bond motifs is 1. The van der Waals surface area contributed by atoms with Crippen LogP contribution in [0.1, 0.15) is 17.2 Å². The Balaban J connectivity index is 1.79. The molecule has 4 rings (SSSR count). The van der Waals surface area contributed by atoms with E-state index in [2.05, 4.69) is 49.5 Å². The smallest absolute Gasteiger partial charge is 0.226 e. The minimum Gasteiger partial charge on any atom is -0.324 e. The Labute approximate surface area is 146 Å². The summed E-state index contributed by atoms with van der Waals surface area (Å²) in [5, 5.41) is 8.39. The molecule has 1 aliphatic heterocycles. The summed E-state index contributed by atoms with van der Waals surface area (Å²) in [5.41, 5.74) is 3.20. The average Bonchev–Trinajstić information content (AvgIpc) is 3.04. The van der Waals surface area contributed by atoms with Crippen molar-refractivity contribution in [1.29, 1.82) is 0 Å². The Bertz CT molecular complexity index is 868. The summed E-state index contributed by atoms with van der Waals surface area (Å²) in [6.07, 6.45) is 3.71. The minimum atomic E-state index is -0.00692. The van der Waals surface area contributed by atoms with Crippen molar-refractivity contribution < 1.29 is 0 Å². The van der Waals surface area contributed by atoms with E-state index in [4.69, 9.17) is 11.6 Å². The summed E-state index contributed by atoms with van der Waals surface area (Å²) in [6, 6.07) is 16.0. The van der Waals surface area contributed by atoms with Gasteiger partial charge >= 0.3 is 0 Å². The highest BCUT2D eigenvalue weighted by molar-refractivity contribution is 9.10. The number of benzene rings is 2. The van der Waals surface area contributed by atoms with E-state index in [0.29, 0.717) is 0 Å². The van der Waals surface area contributed by atoms with Gasteiger partial charge in [-0.25, -0.2) is 4.68 Å². The van der Waals surface area contributed by atoms with E-state index in [1.165, 1.54) is 0 Å². The van der Waals surface area contributed by atoms with Crippen molar-refractivity contribution in [2.24, 2.45) is 0 Å². The molecule has 0 bridgehead atoms. The first kappa shape index (κ1) is 14.5. The van der Waals surface area contributed by atoms with Crippen LogP contribution in [-0.2, 0) is 0 Å². The molecule has 2 aromatic carbocycles. The Hall–Kier alpha value is -2.11. The highest BCUT2D eigenvalue weighted by atomic mass is 79.9. The molecule has 23 heavy (non-hydrogen) atoms. The molecule has 1 N–H and O–H groups in total. The third-order valence-electron chi connectivity index (χ3n) is 3.77. The highest BCUT2D eigenvalue weighted by Gasteiger charge is 2.23. The van der Waals surface area contributed by atoms with Crippen LogP contribution in [0, 0.1) is 0 Å². The van der Waals surface area contributed by atoms with Gasteiger partial charge in [0.1, 0.15) is 12.4 Å². The van der Waals surface area contributed by atoms with Crippen molar-refractivity contribution >= 4 is 39.2 Å². The summed E-state index contributed by atoms with van der Waals surface area (Å²) in [6.45, 7) is 0. The number of allylic oxidation sites excluding steroid dienone is 1. The number of halogens is 2. The molecule has 0 fully saturated rings. The zero-order chi connectivity index (χ0) is 15.8. The van der Waals surface area contributed by atoms with Crippen LogP contribution in [0.15, 0.2) is 65.4 Å². The zero-order valence-electron chi connectivity index (χ0n) is 11.9. The van der Waals surface area contributed by atoms with Crippen molar-refractivity contribution in [3.05, 3.63) is 81.6 Å². The Morgan fingerprint density at radius 1 is 1.04 bits per heavy atom. The van der Waals surface area contributed by atoms with E-state index in [1.807, 2.05) is 41.1 Å². The molecular formula is C17H12BrClN4. The fourth-order valence-electron chi connectivity index (χ4n) is 2.63. The zero-order valence-corrected chi connectivity index (χ0v) is 14.3. The first-order valence-corrected chi connectivity index (χ1v) is 8.27. The molecule has 114 valence electrons. The van der Waals surface area contributed by atoms with Gasteiger partial charge in [-0.3, -0.25) is 0 Å². The first-order valence-electron chi connectivity index (χ1n) is 7.10. The standard InChI is InChI=1S/C17H12BrClN4/c18-13-5-1-12(2-6-13)16-9-15(11-3-7-14(19)8-4-11)22-17-20-10-21-23(16)17/h1-10,16H,(H,20,21,22)/t16-/m1/s1. The average molecular weight is 388 g/mol. The van der Waals surface area contributed by atoms with E-state index >= 15 is 0 Å². The second kappa shape index (κ2) is 5.83. The molecule has 1 aliphatic rings. The van der Waals surface area contributed by atoms with E-state index in [-0.39, 0.29) is 6.04 Å². The number of hydrogen-bond donors (Lipinski definition) is 1. The molecule has 2 heterocycles. The monoisotopic (exact) mass is 386 g/mol. The highest BCUT2D eigenvalue weighted by Crippen LogP contribution is 2.32. The molecule has 0 spiro atoms. The maximum atomic E-state index is 5.98. The lowest BCUT2D eigenvalue weighted by molar-refractivity contribution is 0.612. The summed E-state index contributed by atoms with van der Waals surface area (Å²) in [5.74, 6) is 0.727. The quantitative estimate of drug-likeness (QED) is 0.690. The van der Waals surface area contributed by atoms with Gasteiger partial charge in [0, 0.05) is 15.2 Å². The predicted molar refractivity (Wildman–Crippen MR) is 95.4 cm³/mol. The van der Waals surface area contributed by atoms with Crippen LogP contribution in [0.3, 0.4) is 0 Å². The molecule has 1 atom stereocenters. The van der Waals surface area contributed by atoms with Crippen LogP contribution < -0.4 is 5.32 Å². The molecule has 0 amide bonds. The molecule has 0 radical (unpaired) electrons. The summed E-state index contributed by atoms with van der Waals surface area (Å²) < 4.78 is 2.93. The predicted octanol–water partition coefficient (Wildman–Crippen LogP) is 4.75. The van der Waals surface area contributed by atoms with Crippen molar-refractivity contribution in [1.82, 2.24) is 14.8 Å². The van der Waals surface area contributed by atoms with E-state index in [9.17, 15) is 0 Å². The lowest BCUT2D eigenvalue weighted by atomic mass is 10.0. The SMILES string of the molecule is Clc1ccc(C2=C[C@H](c3ccc(Br)cc3)n3ncnc3N2)cc1. The van der Waals surface area contributed by atoms with Crippen LogP contribution in [0.2, 0.25) is 5.02 Å². The molecule has 0 unspecified atom stereocenters. The topological polar surface area (TPSA) is 42.7 Å². The van der Waals surface area contributed by atoms with Gasteiger partial charge in [-0.15, -0.1) is 0 Å². The summed E-state index contributed by atoms with van der Waals surface area (Å²) in [7, 11) is 0. The fraction of sp³-hybridized carbons (Fsp3) is 0.0588. The van der Waals surface area contributed by atoms with Crippen molar-refractivity contribution in [2.75, 3.05) is 5.32 Å². The third-order valence-corrected chi connectivity index (χ3v) is 4.55. The third kappa shape index (κ3) is 2.78. The van der Waals surface area contributed by atoms with Gasteiger partial charge in [-0.1, -0.05) is 51.8 Å². The second-order valence-electron chi connectivity index (χ2n) is 5.24. The van der Waals surface area contributed by atoms with E-state index in [0.717, 1.165) is 32.3 Å². The number of anilines is 1. The number of nitrogens with zero attached hydrogens (tertiary/aromatic N) is 3. The number of hydrogen-bond acceptors (Lipinski definition) is 3. The molecule has 3 aromatic rings. The fourth-order valence-corrected chi connectivity index (χ4v) is 3.02. The largest absolute Gasteiger partial charge is 0.324 e. The van der Waals surface area contributed by atoms with Crippen molar-refractivity contribution in [2.45, 2.75) is 6.04 Å². The van der Waals surface area contributed by atoms with Gasteiger partial charge in [0.25, 0.3) is 0 Å². The van der Waals surface area contributed by atoms with Gasteiger partial charge in [0.15, 0.2) is 0 Å². The maximum Gasteiger partial charge on any atom is 0.226 e. The molecule has 4 nitrogen and oxygen atoms in total. The molecular weight excluding hydrogens is 376 g/mol. The molecule has 0 saturated carbocycles. The second-order valence-corrected chi connectivity index (χ2v) is 6.59. The van der Waals surface area contributed by atoms with E-state index in [1.54, 1.807) is 6.33 Å². The van der Waals surface area contributed by atoms with Crippen LogP contribution in [-0.4, -0.2) is 14.8 Å². The Morgan fingerprint density at radius 2 is 1.78 bits per heavy atom. The van der Waals surface area contributed by atoms with E-state index < -0.39 is 0 Å². The minimum absolute atomic E-state index is 0.00692. The molecule has 1 aromatic heterocycles. The van der Waals surface area contributed by atoms with Gasteiger partial charge < -0.3 is 5.32 Å². The number of aromatic nitrogens is 3. The van der Waals surface area contributed by atoms with Crippen molar-refractivity contribution in [3.8, 4) is 0 Å². The molecule has 6 heteroatoms. The van der Waals surface area contributed by atoms with Gasteiger partial charge in [0.2, 0.25) is 5.95 Å². The van der Waals surface area contributed by atoms with Gasteiger partial charge in [0.05, 0.1) is 0 Å². The lowest BCUT2D eigenvalue weighted by Crippen LogP contribution is -2.20. The van der Waals surface area contributed by atoms with Crippen LogP contribution in [0.5, 0.6) is 0 Å². The number of rotatable bonds is 2. The summed E-state index contributed by atoms with van der Waals surface area (Å²) in [4.78, 5) is 4.31. The lowest BCUT2D eigenvalue weighted by Gasteiger charge is -2.24. The molecule has 0 saturated heterocycles. The summed E-state index contributed by atoms with van der Waals surface area (Å²) >= 11 is 9.46. The van der Waals surface area contributed by atoms with Crippen molar-refractivity contribution in [3.63, 3.8) is 0 Å². The number of nitrogens with one attached hydrogen (secondary N) is 1. The van der Waals surface area contributed by atoms with Crippen LogP contribution in [0.4, 0.5) is 5.95 Å².